The van der Waals surface area contributed by atoms with E-state index in [4.69, 9.17) is 5.73 Å². The average molecular weight is 346 g/mol. The number of nitrogen functional groups attached to an aromatic ring is 1. The molecule has 0 unspecified atom stereocenters. The topological polar surface area (TPSA) is 49.6 Å². The molecule has 0 bridgehead atoms. The van der Waals surface area contributed by atoms with E-state index in [1.165, 1.54) is 0 Å². The smallest absolute Gasteiger partial charge is 0.230 e. The van der Waals surface area contributed by atoms with Gasteiger partial charge in [-0.15, -0.1) is 24.8 Å². The minimum Gasteiger partial charge on any atom is -0.398 e. The lowest BCUT2D eigenvalue weighted by Gasteiger charge is -2.35. The van der Waals surface area contributed by atoms with Gasteiger partial charge in [-0.2, -0.15) is 0 Å². The van der Waals surface area contributed by atoms with Crippen molar-refractivity contribution in [2.75, 3.05) is 37.3 Å². The number of halogens is 2. The third-order valence-corrected chi connectivity index (χ3v) is 4.62. The summed E-state index contributed by atoms with van der Waals surface area (Å²) in [6.45, 7) is 2.88. The van der Waals surface area contributed by atoms with Crippen LogP contribution >= 0.6 is 24.8 Å². The average Bonchev–Trinajstić information content (AvgIpc) is 2.47. The number of rotatable bonds is 1. The number of likely N-dealkylation sites (tertiary alicyclic amines) is 1. The quantitative estimate of drug-likeness (QED) is 0.796. The molecule has 2 heterocycles. The van der Waals surface area contributed by atoms with E-state index >= 15 is 0 Å². The maximum absolute atomic E-state index is 12.8. The number of hydrogen-bond acceptors (Lipinski definition) is 3. The Morgan fingerprint density at radius 1 is 1.18 bits per heavy atom. The first-order valence-corrected chi connectivity index (χ1v) is 7.54. The number of anilines is 2. The highest BCUT2D eigenvalue weighted by Gasteiger charge is 2.31. The van der Waals surface area contributed by atoms with Crippen molar-refractivity contribution < 1.29 is 4.79 Å². The maximum atomic E-state index is 12.8. The summed E-state index contributed by atoms with van der Waals surface area (Å²) in [5, 5.41) is 0. The van der Waals surface area contributed by atoms with Crippen LogP contribution < -0.4 is 10.6 Å². The number of nitrogens with two attached hydrogens (primary N) is 1. The van der Waals surface area contributed by atoms with Gasteiger partial charge in [-0.1, -0.05) is 6.07 Å². The van der Waals surface area contributed by atoms with Crippen LogP contribution in [0.3, 0.4) is 0 Å². The van der Waals surface area contributed by atoms with Gasteiger partial charge in [0.1, 0.15) is 0 Å². The number of carbonyl (C=O) groups is 1. The zero-order valence-corrected chi connectivity index (χ0v) is 14.6. The molecule has 1 amide bonds. The third kappa shape index (κ3) is 3.67. The normalized spacial score (nSPS) is 18.9. The van der Waals surface area contributed by atoms with Crippen molar-refractivity contribution >= 4 is 42.1 Å². The monoisotopic (exact) mass is 345 g/mol. The van der Waals surface area contributed by atoms with Crippen molar-refractivity contribution in [3.63, 3.8) is 0 Å². The number of fused-ring (bicyclic) bond motifs is 1. The lowest BCUT2D eigenvalue weighted by Crippen LogP contribution is -2.43. The molecule has 0 aromatic heterocycles. The van der Waals surface area contributed by atoms with E-state index in [-0.39, 0.29) is 30.7 Å². The Morgan fingerprint density at radius 2 is 1.86 bits per heavy atom. The molecule has 1 fully saturated rings. The van der Waals surface area contributed by atoms with Crippen LogP contribution in [-0.2, 0) is 11.2 Å². The molecular formula is C16H25Cl2N3O. The number of hydrogen-bond donors (Lipinski definition) is 1. The molecule has 1 aromatic rings. The summed E-state index contributed by atoms with van der Waals surface area (Å²) >= 11 is 0. The lowest BCUT2D eigenvalue weighted by molar-refractivity contribution is -0.123. The highest BCUT2D eigenvalue weighted by atomic mass is 35.5. The third-order valence-electron chi connectivity index (χ3n) is 4.62. The highest BCUT2D eigenvalue weighted by Crippen LogP contribution is 2.33. The number of piperidine rings is 1. The molecule has 22 heavy (non-hydrogen) atoms. The minimum atomic E-state index is 0. The first-order chi connectivity index (χ1) is 9.66. The highest BCUT2D eigenvalue weighted by molar-refractivity contribution is 5.97. The van der Waals surface area contributed by atoms with Crippen molar-refractivity contribution in [1.29, 1.82) is 0 Å². The largest absolute Gasteiger partial charge is 0.398 e. The Balaban J connectivity index is 0.00000121. The van der Waals surface area contributed by atoms with Crippen molar-refractivity contribution in [2.45, 2.75) is 25.7 Å². The number of benzene rings is 1. The summed E-state index contributed by atoms with van der Waals surface area (Å²) in [7, 11) is 2.12. The number of carbonyl (C=O) groups excluding carboxylic acids is 1. The molecule has 0 atom stereocenters. The van der Waals surface area contributed by atoms with Crippen LogP contribution in [0.25, 0.3) is 0 Å². The molecule has 0 aliphatic carbocycles. The molecule has 124 valence electrons. The van der Waals surface area contributed by atoms with Gasteiger partial charge in [0.25, 0.3) is 0 Å². The zero-order chi connectivity index (χ0) is 14.1. The van der Waals surface area contributed by atoms with E-state index in [0.717, 1.165) is 62.3 Å². The molecule has 2 N–H and O–H groups in total. The van der Waals surface area contributed by atoms with E-state index < -0.39 is 0 Å². The maximum Gasteiger partial charge on any atom is 0.230 e. The van der Waals surface area contributed by atoms with Crippen LogP contribution in [0.5, 0.6) is 0 Å². The Hall–Kier alpha value is -0.970. The summed E-state index contributed by atoms with van der Waals surface area (Å²) in [6.07, 6.45) is 3.95. The van der Waals surface area contributed by atoms with Gasteiger partial charge in [-0.25, -0.2) is 0 Å². The number of nitrogens with zero attached hydrogens (tertiary/aromatic N) is 2. The second-order valence-corrected chi connectivity index (χ2v) is 6.02. The molecule has 3 rings (SSSR count). The van der Waals surface area contributed by atoms with Crippen LogP contribution in [-0.4, -0.2) is 37.5 Å². The van der Waals surface area contributed by atoms with Gasteiger partial charge in [0, 0.05) is 23.8 Å². The van der Waals surface area contributed by atoms with Crippen LogP contribution in [0.4, 0.5) is 11.4 Å². The Morgan fingerprint density at radius 3 is 2.55 bits per heavy atom. The minimum absolute atomic E-state index is 0. The molecule has 0 saturated carbocycles. The van der Waals surface area contributed by atoms with Crippen molar-refractivity contribution in [3.8, 4) is 0 Å². The zero-order valence-electron chi connectivity index (χ0n) is 13.0. The first-order valence-electron chi connectivity index (χ1n) is 7.54. The van der Waals surface area contributed by atoms with Gasteiger partial charge in [0.05, 0.1) is 0 Å². The van der Waals surface area contributed by atoms with Gasteiger partial charge < -0.3 is 15.5 Å². The Kier molecular flexibility index (Phi) is 6.98. The molecule has 1 aromatic carbocycles. The second-order valence-electron chi connectivity index (χ2n) is 6.02. The molecule has 1 saturated heterocycles. The molecule has 0 spiro atoms. The first kappa shape index (κ1) is 19.1. The fourth-order valence-electron chi connectivity index (χ4n) is 3.36. The molecule has 2 aliphatic heterocycles. The van der Waals surface area contributed by atoms with Gasteiger partial charge in [0.15, 0.2) is 0 Å². The standard InChI is InChI=1S/C16H23N3O.2ClH/c1-18-10-7-12(8-11-18)16(20)19-9-3-4-13-14(17)5-2-6-15(13)19;;/h2,5-6,12H,3-4,7-11,17H2,1H3;2*1H. The Bertz CT molecular complexity index is 516. The summed E-state index contributed by atoms with van der Waals surface area (Å²) in [5.41, 5.74) is 9.07. The predicted molar refractivity (Wildman–Crippen MR) is 96.2 cm³/mol. The van der Waals surface area contributed by atoms with Gasteiger partial charge in [-0.3, -0.25) is 4.79 Å². The Labute approximate surface area is 144 Å². The van der Waals surface area contributed by atoms with E-state index in [0.29, 0.717) is 5.91 Å². The summed E-state index contributed by atoms with van der Waals surface area (Å²) < 4.78 is 0. The van der Waals surface area contributed by atoms with E-state index in [1.807, 2.05) is 23.1 Å². The van der Waals surface area contributed by atoms with E-state index in [9.17, 15) is 4.79 Å². The van der Waals surface area contributed by atoms with E-state index in [1.54, 1.807) is 0 Å². The molecule has 0 radical (unpaired) electrons. The van der Waals surface area contributed by atoms with Crippen LogP contribution in [0.15, 0.2) is 18.2 Å². The SMILES string of the molecule is CN1CCC(C(=O)N2CCCc3c(N)cccc32)CC1.Cl.Cl. The fraction of sp³-hybridized carbons (Fsp3) is 0.562. The van der Waals surface area contributed by atoms with Crippen LogP contribution in [0.2, 0.25) is 0 Å². The van der Waals surface area contributed by atoms with E-state index in [2.05, 4.69) is 11.9 Å². The van der Waals surface area contributed by atoms with Crippen molar-refractivity contribution in [3.05, 3.63) is 23.8 Å². The molecular weight excluding hydrogens is 321 g/mol. The van der Waals surface area contributed by atoms with Crippen molar-refractivity contribution in [1.82, 2.24) is 4.90 Å². The summed E-state index contributed by atoms with van der Waals surface area (Å²) in [6, 6.07) is 5.93. The lowest BCUT2D eigenvalue weighted by atomic mass is 9.93. The summed E-state index contributed by atoms with van der Waals surface area (Å²) in [4.78, 5) is 17.1. The fourth-order valence-corrected chi connectivity index (χ4v) is 3.36. The van der Waals surface area contributed by atoms with Crippen molar-refractivity contribution in [2.24, 2.45) is 5.92 Å². The predicted octanol–water partition coefficient (Wildman–Crippen LogP) is 2.73. The summed E-state index contributed by atoms with van der Waals surface area (Å²) in [5.74, 6) is 0.475. The van der Waals surface area contributed by atoms with Gasteiger partial charge >= 0.3 is 0 Å². The van der Waals surface area contributed by atoms with Crippen LogP contribution in [0, 0.1) is 5.92 Å². The van der Waals surface area contributed by atoms with Crippen LogP contribution in [0.1, 0.15) is 24.8 Å². The van der Waals surface area contributed by atoms with Gasteiger partial charge in [0.2, 0.25) is 5.91 Å². The molecule has 2 aliphatic rings. The molecule has 6 heteroatoms. The number of amides is 1. The second kappa shape index (κ2) is 8.04. The molecule has 4 nitrogen and oxygen atoms in total. The van der Waals surface area contributed by atoms with Gasteiger partial charge in [-0.05, 0) is 63.5 Å².